The van der Waals surface area contributed by atoms with Gasteiger partial charge in [-0.1, -0.05) is 17.7 Å². The van der Waals surface area contributed by atoms with Crippen molar-refractivity contribution in [1.29, 1.82) is 5.26 Å². The second-order valence-electron chi connectivity index (χ2n) is 4.13. The molecule has 0 aliphatic heterocycles. The van der Waals surface area contributed by atoms with Crippen LogP contribution >= 0.6 is 11.6 Å². The minimum atomic E-state index is -0.385. The molecule has 0 fully saturated rings. The molecule has 0 aliphatic rings. The van der Waals surface area contributed by atoms with Crippen LogP contribution in [0.1, 0.15) is 12.0 Å². The fourth-order valence-corrected chi connectivity index (χ4v) is 1.79. The lowest BCUT2D eigenvalue weighted by molar-refractivity contribution is -0.122. The fourth-order valence-electron chi connectivity index (χ4n) is 1.57. The summed E-state index contributed by atoms with van der Waals surface area (Å²) in [4.78, 5) is 13.2. The van der Waals surface area contributed by atoms with E-state index in [4.69, 9.17) is 16.9 Å². The molecule has 0 unspecified atom stereocenters. The molecule has 4 nitrogen and oxygen atoms in total. The molecular formula is C13H15ClFN3O. The molecule has 6 heteroatoms. The third-order valence-corrected chi connectivity index (χ3v) is 2.82. The van der Waals surface area contributed by atoms with Crippen molar-refractivity contribution in [3.8, 4) is 6.07 Å². The van der Waals surface area contributed by atoms with E-state index in [1.54, 1.807) is 18.0 Å². The molecule has 0 heterocycles. The Morgan fingerprint density at radius 3 is 2.95 bits per heavy atom. The van der Waals surface area contributed by atoms with E-state index in [0.717, 1.165) is 0 Å². The Balaban J connectivity index is 2.49. The monoisotopic (exact) mass is 283 g/mol. The van der Waals surface area contributed by atoms with Crippen molar-refractivity contribution in [3.05, 3.63) is 34.6 Å². The Morgan fingerprint density at radius 1 is 1.58 bits per heavy atom. The number of rotatable bonds is 6. The lowest BCUT2D eigenvalue weighted by Gasteiger charge is -2.17. The van der Waals surface area contributed by atoms with Gasteiger partial charge in [0.15, 0.2) is 0 Å². The van der Waals surface area contributed by atoms with Crippen LogP contribution in [0, 0.1) is 17.1 Å². The summed E-state index contributed by atoms with van der Waals surface area (Å²) >= 11 is 5.91. The molecule has 0 spiro atoms. The molecule has 1 aromatic rings. The number of nitrogens with zero attached hydrogens (tertiary/aromatic N) is 2. The van der Waals surface area contributed by atoms with Crippen LogP contribution in [0.4, 0.5) is 4.39 Å². The van der Waals surface area contributed by atoms with E-state index in [2.05, 4.69) is 5.32 Å². The number of carbonyl (C=O) groups excluding carboxylic acids is 1. The number of likely N-dealkylation sites (N-methyl/N-ethyl adjacent to an activating group) is 1. The molecule has 1 amide bonds. The van der Waals surface area contributed by atoms with Gasteiger partial charge in [0.2, 0.25) is 5.91 Å². The smallest absolute Gasteiger partial charge is 0.234 e. The van der Waals surface area contributed by atoms with Gasteiger partial charge in [0.25, 0.3) is 0 Å². The van der Waals surface area contributed by atoms with Crippen molar-refractivity contribution in [2.75, 3.05) is 20.1 Å². The van der Waals surface area contributed by atoms with Crippen LogP contribution < -0.4 is 5.32 Å². The van der Waals surface area contributed by atoms with Crippen LogP contribution in [0.2, 0.25) is 5.02 Å². The summed E-state index contributed by atoms with van der Waals surface area (Å²) < 4.78 is 13.5. The number of nitriles is 1. The van der Waals surface area contributed by atoms with Crippen molar-refractivity contribution in [1.82, 2.24) is 10.2 Å². The SMILES string of the molecule is CN(CC(=O)NCCC#N)Cc1c(F)cccc1Cl. The maximum absolute atomic E-state index is 13.5. The normalized spacial score (nSPS) is 10.3. The number of hydrogen-bond acceptors (Lipinski definition) is 3. The van der Waals surface area contributed by atoms with Crippen LogP contribution in [-0.2, 0) is 11.3 Å². The number of carbonyl (C=O) groups is 1. The Hall–Kier alpha value is -1.64. The van der Waals surface area contributed by atoms with Gasteiger partial charge in [0.1, 0.15) is 5.82 Å². The zero-order chi connectivity index (χ0) is 14.3. The molecule has 1 rings (SSSR count). The molecule has 0 saturated carbocycles. The molecule has 0 bridgehead atoms. The first-order valence-corrected chi connectivity index (χ1v) is 6.17. The minimum Gasteiger partial charge on any atom is -0.354 e. The van der Waals surface area contributed by atoms with E-state index in [1.807, 2.05) is 6.07 Å². The van der Waals surface area contributed by atoms with Gasteiger partial charge in [-0.3, -0.25) is 9.69 Å². The third-order valence-electron chi connectivity index (χ3n) is 2.46. The van der Waals surface area contributed by atoms with Gasteiger partial charge in [-0.2, -0.15) is 5.26 Å². The average Bonchev–Trinajstić information content (AvgIpc) is 2.34. The predicted octanol–water partition coefficient (Wildman–Crippen LogP) is 1.94. The van der Waals surface area contributed by atoms with Crippen LogP contribution in [0.5, 0.6) is 0 Å². The highest BCUT2D eigenvalue weighted by atomic mass is 35.5. The highest BCUT2D eigenvalue weighted by Gasteiger charge is 2.12. The molecule has 0 aromatic heterocycles. The topological polar surface area (TPSA) is 56.1 Å². The van der Waals surface area contributed by atoms with Crippen LogP contribution in [-0.4, -0.2) is 30.9 Å². The average molecular weight is 284 g/mol. The van der Waals surface area contributed by atoms with Gasteiger partial charge >= 0.3 is 0 Å². The zero-order valence-electron chi connectivity index (χ0n) is 10.6. The van der Waals surface area contributed by atoms with Gasteiger partial charge in [-0.25, -0.2) is 4.39 Å². The Bertz CT molecular complexity index is 467. The summed E-state index contributed by atoms with van der Waals surface area (Å²) in [5, 5.41) is 11.3. The lowest BCUT2D eigenvalue weighted by Crippen LogP contribution is -2.35. The number of benzene rings is 1. The highest BCUT2D eigenvalue weighted by molar-refractivity contribution is 6.31. The second kappa shape index (κ2) is 7.72. The quantitative estimate of drug-likeness (QED) is 0.812. The summed E-state index contributed by atoms with van der Waals surface area (Å²) in [6.45, 7) is 0.691. The van der Waals surface area contributed by atoms with Crippen LogP contribution in [0.3, 0.4) is 0 Å². The van der Waals surface area contributed by atoms with Crippen molar-refractivity contribution >= 4 is 17.5 Å². The summed E-state index contributed by atoms with van der Waals surface area (Å²) in [5.41, 5.74) is 0.372. The largest absolute Gasteiger partial charge is 0.354 e. The second-order valence-corrected chi connectivity index (χ2v) is 4.54. The third kappa shape index (κ3) is 5.25. The molecule has 0 atom stereocenters. The van der Waals surface area contributed by atoms with Gasteiger partial charge in [-0.05, 0) is 19.2 Å². The van der Waals surface area contributed by atoms with Gasteiger partial charge in [0, 0.05) is 23.7 Å². The molecule has 0 radical (unpaired) electrons. The van der Waals surface area contributed by atoms with Gasteiger partial charge in [-0.15, -0.1) is 0 Å². The zero-order valence-corrected chi connectivity index (χ0v) is 11.4. The van der Waals surface area contributed by atoms with Crippen molar-refractivity contribution in [2.24, 2.45) is 0 Å². The van der Waals surface area contributed by atoms with Crippen LogP contribution in [0.15, 0.2) is 18.2 Å². The highest BCUT2D eigenvalue weighted by Crippen LogP contribution is 2.20. The van der Waals surface area contributed by atoms with E-state index in [1.165, 1.54) is 12.1 Å². The first-order chi connectivity index (χ1) is 9.04. The first-order valence-electron chi connectivity index (χ1n) is 5.79. The van der Waals surface area contributed by atoms with E-state index in [9.17, 15) is 9.18 Å². The molecule has 1 N–H and O–H groups in total. The molecule has 0 saturated heterocycles. The van der Waals surface area contributed by atoms with E-state index in [0.29, 0.717) is 17.1 Å². The molecule has 19 heavy (non-hydrogen) atoms. The molecule has 1 aromatic carbocycles. The molecular weight excluding hydrogens is 269 g/mol. The predicted molar refractivity (Wildman–Crippen MR) is 71.0 cm³/mol. The summed E-state index contributed by atoms with van der Waals surface area (Å²) in [7, 11) is 1.70. The summed E-state index contributed by atoms with van der Waals surface area (Å²) in [5.74, 6) is -0.588. The van der Waals surface area contributed by atoms with Gasteiger partial charge < -0.3 is 5.32 Å². The maximum Gasteiger partial charge on any atom is 0.234 e. The first kappa shape index (κ1) is 15.4. The van der Waals surface area contributed by atoms with Crippen LogP contribution in [0.25, 0.3) is 0 Å². The fraction of sp³-hybridized carbons (Fsp3) is 0.385. The van der Waals surface area contributed by atoms with E-state index < -0.39 is 0 Å². The summed E-state index contributed by atoms with van der Waals surface area (Å²) in [6, 6.07) is 6.42. The minimum absolute atomic E-state index is 0.121. The van der Waals surface area contributed by atoms with E-state index in [-0.39, 0.29) is 31.2 Å². The maximum atomic E-state index is 13.5. The number of amides is 1. The summed E-state index contributed by atoms with van der Waals surface area (Å²) in [6.07, 6.45) is 0.272. The Labute approximate surface area is 116 Å². The van der Waals surface area contributed by atoms with Crippen molar-refractivity contribution in [3.63, 3.8) is 0 Å². The number of halogens is 2. The molecule has 102 valence electrons. The Kier molecular flexibility index (Phi) is 6.26. The lowest BCUT2D eigenvalue weighted by atomic mass is 10.2. The van der Waals surface area contributed by atoms with E-state index >= 15 is 0 Å². The van der Waals surface area contributed by atoms with Crippen molar-refractivity contribution < 1.29 is 9.18 Å². The van der Waals surface area contributed by atoms with Gasteiger partial charge in [0.05, 0.1) is 19.0 Å². The Morgan fingerprint density at radius 2 is 2.32 bits per heavy atom. The van der Waals surface area contributed by atoms with Crippen molar-refractivity contribution in [2.45, 2.75) is 13.0 Å². The standard InChI is InChI=1S/C13H15ClFN3O/c1-18(9-13(19)17-7-3-6-16)8-10-11(14)4-2-5-12(10)15/h2,4-5H,3,7-9H2,1H3,(H,17,19). The number of nitrogens with one attached hydrogen (secondary N) is 1. The molecule has 0 aliphatic carbocycles. The number of hydrogen-bond donors (Lipinski definition) is 1.